The molecule has 0 aliphatic heterocycles. The van der Waals surface area contributed by atoms with Crippen LogP contribution in [-0.4, -0.2) is 45.5 Å². The van der Waals surface area contributed by atoms with Gasteiger partial charge in [-0.1, -0.05) is 13.0 Å². The van der Waals surface area contributed by atoms with Gasteiger partial charge in [0.2, 0.25) is 10.0 Å². The highest BCUT2D eigenvalue weighted by atomic mass is 32.2. The van der Waals surface area contributed by atoms with Crippen LogP contribution in [0.3, 0.4) is 0 Å². The molecule has 0 spiro atoms. The number of ether oxygens (including phenoxy) is 2. The minimum Gasteiger partial charge on any atom is -0.497 e. The minimum absolute atomic E-state index is 0.0861. The van der Waals surface area contributed by atoms with Crippen LogP contribution < -0.4 is 4.74 Å². The predicted molar refractivity (Wildman–Crippen MR) is 74.1 cm³/mol. The lowest BCUT2D eigenvalue weighted by molar-refractivity contribution is -0.143. The molecule has 0 heterocycles. The van der Waals surface area contributed by atoms with E-state index >= 15 is 0 Å². The minimum atomic E-state index is -3.74. The molecule has 112 valence electrons. The Morgan fingerprint density at radius 1 is 1.30 bits per heavy atom. The van der Waals surface area contributed by atoms with Crippen molar-refractivity contribution in [3.63, 3.8) is 0 Å². The molecule has 0 saturated heterocycles. The van der Waals surface area contributed by atoms with E-state index in [1.807, 2.05) is 0 Å². The molecule has 0 fully saturated rings. The molecule has 0 radical (unpaired) electrons. The maximum Gasteiger partial charge on any atom is 0.321 e. The largest absolute Gasteiger partial charge is 0.497 e. The van der Waals surface area contributed by atoms with Crippen molar-refractivity contribution in [2.75, 3.05) is 26.8 Å². The first kappa shape index (κ1) is 16.5. The maximum atomic E-state index is 12.4. The van der Waals surface area contributed by atoms with Crippen molar-refractivity contribution in [2.24, 2.45) is 0 Å². The van der Waals surface area contributed by atoms with Crippen LogP contribution in [0.2, 0.25) is 0 Å². The van der Waals surface area contributed by atoms with Gasteiger partial charge in [-0.05, 0) is 19.1 Å². The van der Waals surface area contributed by atoms with E-state index in [2.05, 4.69) is 0 Å². The lowest BCUT2D eigenvalue weighted by Gasteiger charge is -2.19. The monoisotopic (exact) mass is 301 g/mol. The van der Waals surface area contributed by atoms with Crippen molar-refractivity contribution in [3.05, 3.63) is 24.3 Å². The molecule has 7 heteroatoms. The fourth-order valence-electron chi connectivity index (χ4n) is 1.63. The first-order valence-electron chi connectivity index (χ1n) is 6.25. The Morgan fingerprint density at radius 2 is 2.00 bits per heavy atom. The Labute approximate surface area is 119 Å². The second-order valence-electron chi connectivity index (χ2n) is 3.92. The SMILES string of the molecule is CCOC(=O)CN(CC)S(=O)(=O)c1cccc(OC)c1. The van der Waals surface area contributed by atoms with Gasteiger partial charge < -0.3 is 9.47 Å². The van der Waals surface area contributed by atoms with Crippen molar-refractivity contribution in [1.29, 1.82) is 0 Å². The number of methoxy groups -OCH3 is 1. The van der Waals surface area contributed by atoms with Crippen LogP contribution in [-0.2, 0) is 19.6 Å². The molecule has 20 heavy (non-hydrogen) atoms. The summed E-state index contributed by atoms with van der Waals surface area (Å²) in [7, 11) is -2.28. The van der Waals surface area contributed by atoms with Crippen molar-refractivity contribution in [2.45, 2.75) is 18.7 Å². The summed E-state index contributed by atoms with van der Waals surface area (Å²) in [5.41, 5.74) is 0. The Kier molecular flexibility index (Phi) is 5.97. The molecular formula is C13H19NO5S. The number of likely N-dealkylation sites (N-methyl/N-ethyl adjacent to an activating group) is 1. The van der Waals surface area contributed by atoms with E-state index in [0.29, 0.717) is 5.75 Å². The lowest BCUT2D eigenvalue weighted by Crippen LogP contribution is -2.36. The summed E-state index contributed by atoms with van der Waals surface area (Å²) >= 11 is 0. The summed E-state index contributed by atoms with van der Waals surface area (Å²) in [6.45, 7) is 3.43. The van der Waals surface area contributed by atoms with Gasteiger partial charge >= 0.3 is 5.97 Å². The van der Waals surface area contributed by atoms with Gasteiger partial charge in [-0.15, -0.1) is 0 Å². The van der Waals surface area contributed by atoms with E-state index in [4.69, 9.17) is 9.47 Å². The number of nitrogens with zero attached hydrogens (tertiary/aromatic N) is 1. The second-order valence-corrected chi connectivity index (χ2v) is 5.85. The molecule has 0 unspecified atom stereocenters. The molecule has 1 rings (SSSR count). The molecule has 1 aromatic carbocycles. The van der Waals surface area contributed by atoms with E-state index in [-0.39, 0.29) is 24.6 Å². The van der Waals surface area contributed by atoms with Crippen molar-refractivity contribution >= 4 is 16.0 Å². The van der Waals surface area contributed by atoms with Crippen LogP contribution in [0, 0.1) is 0 Å². The van der Waals surface area contributed by atoms with Gasteiger partial charge in [0, 0.05) is 12.6 Å². The van der Waals surface area contributed by atoms with Crippen LogP contribution in [0.4, 0.5) is 0 Å². The van der Waals surface area contributed by atoms with E-state index < -0.39 is 16.0 Å². The third-order valence-electron chi connectivity index (χ3n) is 2.64. The number of esters is 1. The molecule has 0 bridgehead atoms. The number of carbonyl (C=O) groups is 1. The Balaban J connectivity index is 3.02. The number of rotatable bonds is 7. The average molecular weight is 301 g/mol. The van der Waals surface area contributed by atoms with Gasteiger partial charge in [0.25, 0.3) is 0 Å². The van der Waals surface area contributed by atoms with Crippen molar-refractivity contribution in [1.82, 2.24) is 4.31 Å². The highest BCUT2D eigenvalue weighted by Gasteiger charge is 2.26. The molecule has 6 nitrogen and oxygen atoms in total. The standard InChI is InChI=1S/C13H19NO5S/c1-4-14(10-13(15)19-5-2)20(16,17)12-8-6-7-11(9-12)18-3/h6-9H,4-5,10H2,1-3H3. The summed E-state index contributed by atoms with van der Waals surface area (Å²) in [5.74, 6) is -0.126. The maximum absolute atomic E-state index is 12.4. The highest BCUT2D eigenvalue weighted by Crippen LogP contribution is 2.20. The number of sulfonamides is 1. The van der Waals surface area contributed by atoms with Crippen LogP contribution in [0.15, 0.2) is 29.2 Å². The third kappa shape index (κ3) is 3.94. The topological polar surface area (TPSA) is 72.9 Å². The highest BCUT2D eigenvalue weighted by molar-refractivity contribution is 7.89. The summed E-state index contributed by atoms with van der Waals surface area (Å²) in [6, 6.07) is 6.12. The van der Waals surface area contributed by atoms with Crippen LogP contribution in [0.25, 0.3) is 0 Å². The summed E-state index contributed by atoms with van der Waals surface area (Å²) < 4.78 is 35.7. The Morgan fingerprint density at radius 3 is 2.55 bits per heavy atom. The molecule has 0 saturated carbocycles. The van der Waals surface area contributed by atoms with Crippen molar-refractivity contribution < 1.29 is 22.7 Å². The van der Waals surface area contributed by atoms with E-state index in [0.717, 1.165) is 4.31 Å². The lowest BCUT2D eigenvalue weighted by atomic mass is 10.3. The summed E-state index contributed by atoms with van der Waals surface area (Å²) in [4.78, 5) is 11.5. The van der Waals surface area contributed by atoms with Gasteiger partial charge in [-0.3, -0.25) is 4.79 Å². The molecular weight excluding hydrogens is 282 g/mol. The summed E-state index contributed by atoms with van der Waals surface area (Å²) in [6.07, 6.45) is 0. The summed E-state index contributed by atoms with van der Waals surface area (Å²) in [5, 5.41) is 0. The number of hydrogen-bond donors (Lipinski definition) is 0. The molecule has 0 aliphatic carbocycles. The molecule has 0 atom stereocenters. The fraction of sp³-hybridized carbons (Fsp3) is 0.462. The fourth-order valence-corrected chi connectivity index (χ4v) is 3.06. The first-order valence-corrected chi connectivity index (χ1v) is 7.69. The van der Waals surface area contributed by atoms with Crippen molar-refractivity contribution in [3.8, 4) is 5.75 Å². The van der Waals surface area contributed by atoms with E-state index in [1.54, 1.807) is 26.0 Å². The van der Waals surface area contributed by atoms with Gasteiger partial charge in [-0.2, -0.15) is 4.31 Å². The van der Waals surface area contributed by atoms with Crippen LogP contribution >= 0.6 is 0 Å². The van der Waals surface area contributed by atoms with Gasteiger partial charge in [-0.25, -0.2) is 8.42 Å². The number of hydrogen-bond acceptors (Lipinski definition) is 5. The number of carbonyl (C=O) groups excluding carboxylic acids is 1. The number of benzene rings is 1. The third-order valence-corrected chi connectivity index (χ3v) is 4.56. The van der Waals surface area contributed by atoms with Gasteiger partial charge in [0.15, 0.2) is 0 Å². The molecule has 0 N–H and O–H groups in total. The zero-order valence-corrected chi connectivity index (χ0v) is 12.6. The molecule has 0 aliphatic rings. The van der Waals surface area contributed by atoms with Crippen LogP contribution in [0.5, 0.6) is 5.75 Å². The molecule has 0 amide bonds. The Bertz CT molecular complexity index is 556. The molecule has 0 aromatic heterocycles. The smallest absolute Gasteiger partial charge is 0.321 e. The van der Waals surface area contributed by atoms with Gasteiger partial charge in [0.1, 0.15) is 12.3 Å². The van der Waals surface area contributed by atoms with Gasteiger partial charge in [0.05, 0.1) is 18.6 Å². The van der Waals surface area contributed by atoms with E-state index in [1.165, 1.54) is 19.2 Å². The zero-order chi connectivity index (χ0) is 15.2. The normalized spacial score (nSPS) is 11.4. The second kappa shape index (κ2) is 7.25. The first-order chi connectivity index (χ1) is 9.45. The molecule has 1 aromatic rings. The average Bonchev–Trinajstić information content (AvgIpc) is 2.45. The Hall–Kier alpha value is -1.60. The quantitative estimate of drug-likeness (QED) is 0.709. The zero-order valence-electron chi connectivity index (χ0n) is 11.8. The van der Waals surface area contributed by atoms with Crippen LogP contribution in [0.1, 0.15) is 13.8 Å². The van der Waals surface area contributed by atoms with E-state index in [9.17, 15) is 13.2 Å². The predicted octanol–water partition coefficient (Wildman–Crippen LogP) is 1.27.